The first-order valence-corrected chi connectivity index (χ1v) is 9.79. The fourth-order valence-electron chi connectivity index (χ4n) is 4.73. The van der Waals surface area contributed by atoms with Gasteiger partial charge in [0.05, 0.1) is 6.61 Å². The monoisotopic (exact) mass is 397 g/mol. The molecule has 136 valence electrons. The van der Waals surface area contributed by atoms with Crippen molar-refractivity contribution in [2.45, 2.75) is 24.8 Å². The zero-order valence-electron chi connectivity index (χ0n) is 14.6. The van der Waals surface area contributed by atoms with Crippen LogP contribution < -0.4 is 5.32 Å². The van der Waals surface area contributed by atoms with Crippen molar-refractivity contribution in [1.29, 1.82) is 0 Å². The normalized spacial score (nSPS) is 22.1. The van der Waals surface area contributed by atoms with Crippen molar-refractivity contribution < 1.29 is 9.53 Å². The summed E-state index contributed by atoms with van der Waals surface area (Å²) < 4.78 is 5.39. The summed E-state index contributed by atoms with van der Waals surface area (Å²) in [6.45, 7) is 2.17. The second kappa shape index (κ2) is 6.15. The van der Waals surface area contributed by atoms with E-state index in [0.717, 1.165) is 16.8 Å². The minimum absolute atomic E-state index is 0.0125. The lowest BCUT2D eigenvalue weighted by atomic mass is 9.76. The molecule has 0 radical (unpaired) electrons. The number of anilines is 1. The van der Waals surface area contributed by atoms with Crippen molar-refractivity contribution in [3.05, 3.63) is 75.3 Å². The van der Waals surface area contributed by atoms with Crippen LogP contribution in [0.25, 0.3) is 10.8 Å². The van der Waals surface area contributed by atoms with Crippen LogP contribution in [0.4, 0.5) is 5.69 Å². The molecule has 0 saturated heterocycles. The molecule has 5 heteroatoms. The van der Waals surface area contributed by atoms with E-state index < -0.39 is 6.04 Å². The van der Waals surface area contributed by atoms with Crippen LogP contribution in [-0.2, 0) is 9.53 Å². The largest absolute Gasteiger partial charge is 0.464 e. The number of fused-ring (bicyclic) bond motifs is 5. The van der Waals surface area contributed by atoms with Gasteiger partial charge in [-0.1, -0.05) is 59.6 Å². The highest BCUT2D eigenvalue weighted by molar-refractivity contribution is 6.36. The topological polar surface area (TPSA) is 38.3 Å². The van der Waals surface area contributed by atoms with Gasteiger partial charge in [-0.25, -0.2) is 4.79 Å². The summed E-state index contributed by atoms with van der Waals surface area (Å²) >= 11 is 12.9. The van der Waals surface area contributed by atoms with Gasteiger partial charge in [0.15, 0.2) is 0 Å². The van der Waals surface area contributed by atoms with E-state index in [1.54, 1.807) is 6.07 Å². The highest BCUT2D eigenvalue weighted by Gasteiger charge is 2.48. The van der Waals surface area contributed by atoms with E-state index in [9.17, 15) is 4.79 Å². The minimum Gasteiger partial charge on any atom is -0.464 e. The van der Waals surface area contributed by atoms with Crippen molar-refractivity contribution in [2.24, 2.45) is 0 Å². The summed E-state index contributed by atoms with van der Waals surface area (Å²) in [5.74, 6) is -0.336. The van der Waals surface area contributed by atoms with Crippen molar-refractivity contribution in [2.75, 3.05) is 11.9 Å². The van der Waals surface area contributed by atoms with Crippen LogP contribution in [0.2, 0.25) is 10.0 Å². The standard InChI is InChI=1S/C22H17Cl2NO2/c1-2-27-22(26)21-19-14-8-4-6-11-5-3-7-13(17(11)14)18(19)20-15(24)9-12(23)10-16(20)25-21/h3-10,18-19,21,25H,2H2,1H3. The molecule has 0 spiro atoms. The zero-order valence-corrected chi connectivity index (χ0v) is 16.1. The molecule has 1 heterocycles. The molecule has 3 atom stereocenters. The van der Waals surface area contributed by atoms with E-state index >= 15 is 0 Å². The molecule has 5 rings (SSSR count). The predicted octanol–water partition coefficient (Wildman–Crippen LogP) is 5.73. The maximum absolute atomic E-state index is 12.8. The number of benzene rings is 3. The van der Waals surface area contributed by atoms with Crippen LogP contribution in [-0.4, -0.2) is 18.6 Å². The van der Waals surface area contributed by atoms with Gasteiger partial charge < -0.3 is 10.1 Å². The Morgan fingerprint density at radius 1 is 1.11 bits per heavy atom. The summed E-state index contributed by atoms with van der Waals surface area (Å²) in [7, 11) is 0. The van der Waals surface area contributed by atoms with Crippen LogP contribution in [0.5, 0.6) is 0 Å². The van der Waals surface area contributed by atoms with Crippen LogP contribution in [0.15, 0.2) is 48.5 Å². The summed E-state index contributed by atoms with van der Waals surface area (Å²) in [6.07, 6.45) is 0. The zero-order chi connectivity index (χ0) is 18.7. The maximum atomic E-state index is 12.8. The van der Waals surface area contributed by atoms with E-state index in [0.29, 0.717) is 16.7 Å². The second-order valence-corrected chi connectivity index (χ2v) is 7.86. The fourth-order valence-corrected chi connectivity index (χ4v) is 5.34. The summed E-state index contributed by atoms with van der Waals surface area (Å²) in [5.41, 5.74) is 4.16. The van der Waals surface area contributed by atoms with E-state index in [-0.39, 0.29) is 17.8 Å². The van der Waals surface area contributed by atoms with Crippen molar-refractivity contribution in [3.8, 4) is 0 Å². The lowest BCUT2D eigenvalue weighted by molar-refractivity contribution is -0.144. The van der Waals surface area contributed by atoms with Gasteiger partial charge in [-0.15, -0.1) is 0 Å². The van der Waals surface area contributed by atoms with Gasteiger partial charge in [0, 0.05) is 33.1 Å². The molecule has 0 bridgehead atoms. The van der Waals surface area contributed by atoms with Gasteiger partial charge in [-0.05, 0) is 41.0 Å². The average Bonchev–Trinajstić information content (AvgIpc) is 2.98. The first-order valence-electron chi connectivity index (χ1n) is 9.03. The number of esters is 1. The number of carbonyl (C=O) groups excluding carboxylic acids is 1. The lowest BCUT2D eigenvalue weighted by Crippen LogP contribution is -2.42. The van der Waals surface area contributed by atoms with Gasteiger partial charge in [-0.2, -0.15) is 0 Å². The lowest BCUT2D eigenvalue weighted by Gasteiger charge is -2.37. The summed E-state index contributed by atoms with van der Waals surface area (Å²) in [4.78, 5) is 12.8. The SMILES string of the molecule is CCOC(=O)C1Nc2cc(Cl)cc(Cl)c2C2c3cccc4cccc(c34)C12. The molecule has 0 aromatic heterocycles. The molecule has 0 amide bonds. The molecule has 3 aromatic rings. The molecule has 3 aromatic carbocycles. The molecule has 0 fully saturated rings. The van der Waals surface area contributed by atoms with Gasteiger partial charge in [0.2, 0.25) is 0 Å². The molecular formula is C22H17Cl2NO2. The van der Waals surface area contributed by atoms with E-state index in [4.69, 9.17) is 27.9 Å². The third kappa shape index (κ3) is 2.38. The Morgan fingerprint density at radius 3 is 2.59 bits per heavy atom. The number of ether oxygens (including phenoxy) is 1. The van der Waals surface area contributed by atoms with Crippen LogP contribution in [0.1, 0.15) is 35.4 Å². The molecule has 27 heavy (non-hydrogen) atoms. The van der Waals surface area contributed by atoms with Crippen LogP contribution >= 0.6 is 23.2 Å². The third-order valence-electron chi connectivity index (χ3n) is 5.64. The predicted molar refractivity (Wildman–Crippen MR) is 109 cm³/mol. The first kappa shape index (κ1) is 16.9. The molecule has 3 nitrogen and oxygen atoms in total. The summed E-state index contributed by atoms with van der Waals surface area (Å²) in [6, 6.07) is 15.7. The highest BCUT2D eigenvalue weighted by atomic mass is 35.5. The van der Waals surface area contributed by atoms with E-state index in [1.165, 1.54) is 16.3 Å². The smallest absolute Gasteiger partial charge is 0.329 e. The van der Waals surface area contributed by atoms with Crippen molar-refractivity contribution in [3.63, 3.8) is 0 Å². The minimum atomic E-state index is -0.491. The Bertz CT molecular complexity index is 1090. The molecule has 2 aliphatic rings. The Morgan fingerprint density at radius 2 is 1.85 bits per heavy atom. The van der Waals surface area contributed by atoms with E-state index in [2.05, 4.69) is 35.6 Å². The first-order chi connectivity index (χ1) is 13.1. The Labute approximate surface area is 167 Å². The second-order valence-electron chi connectivity index (χ2n) is 7.02. The van der Waals surface area contributed by atoms with Crippen LogP contribution in [0.3, 0.4) is 0 Å². The number of rotatable bonds is 2. The molecule has 0 saturated carbocycles. The van der Waals surface area contributed by atoms with E-state index in [1.807, 2.05) is 19.1 Å². The van der Waals surface area contributed by atoms with Gasteiger partial charge >= 0.3 is 5.97 Å². The fraction of sp³-hybridized carbons (Fsp3) is 0.227. The molecule has 3 unspecified atom stereocenters. The summed E-state index contributed by atoms with van der Waals surface area (Å²) in [5, 5.41) is 6.92. The van der Waals surface area contributed by atoms with Gasteiger partial charge in [0.1, 0.15) is 6.04 Å². The number of nitrogens with one attached hydrogen (secondary N) is 1. The Balaban J connectivity index is 1.81. The van der Waals surface area contributed by atoms with Crippen molar-refractivity contribution in [1.82, 2.24) is 0 Å². The molecule has 1 aliphatic carbocycles. The maximum Gasteiger partial charge on any atom is 0.329 e. The van der Waals surface area contributed by atoms with Gasteiger partial charge in [-0.3, -0.25) is 0 Å². The highest BCUT2D eigenvalue weighted by Crippen LogP contribution is 2.57. The number of hydrogen-bond acceptors (Lipinski definition) is 3. The van der Waals surface area contributed by atoms with Crippen LogP contribution in [0, 0.1) is 0 Å². The quantitative estimate of drug-likeness (QED) is 0.560. The third-order valence-corrected chi connectivity index (χ3v) is 6.17. The number of halogens is 2. The molecular weight excluding hydrogens is 381 g/mol. The number of hydrogen-bond donors (Lipinski definition) is 1. The Hall–Kier alpha value is -2.23. The molecule has 1 N–H and O–H groups in total. The Kier molecular flexibility index (Phi) is 3.85. The van der Waals surface area contributed by atoms with Crippen molar-refractivity contribution >= 4 is 45.6 Å². The van der Waals surface area contributed by atoms with Gasteiger partial charge in [0.25, 0.3) is 0 Å². The molecule has 1 aliphatic heterocycles. The average molecular weight is 398 g/mol. The number of carbonyl (C=O) groups is 1.